The molecule has 0 radical (unpaired) electrons. The molecule has 1 fully saturated rings. The summed E-state index contributed by atoms with van der Waals surface area (Å²) in [5.74, 6) is -0.324. The molecule has 132 valence electrons. The lowest BCUT2D eigenvalue weighted by molar-refractivity contribution is -0.120. The molecule has 0 N–H and O–H groups in total. The Morgan fingerprint density at radius 2 is 2.00 bits per heavy atom. The van der Waals surface area contributed by atoms with Crippen molar-refractivity contribution in [3.05, 3.63) is 47.8 Å². The Morgan fingerprint density at radius 3 is 2.64 bits per heavy atom. The number of para-hydroxylation sites is 1. The normalized spacial score (nSPS) is 15.2. The van der Waals surface area contributed by atoms with Gasteiger partial charge < -0.3 is 9.64 Å². The van der Waals surface area contributed by atoms with Crippen LogP contribution in [-0.2, 0) is 16.0 Å². The summed E-state index contributed by atoms with van der Waals surface area (Å²) in [7, 11) is 0. The van der Waals surface area contributed by atoms with Gasteiger partial charge in [-0.25, -0.2) is 9.48 Å². The van der Waals surface area contributed by atoms with Gasteiger partial charge in [0.15, 0.2) is 0 Å². The zero-order valence-electron chi connectivity index (χ0n) is 14.4. The van der Waals surface area contributed by atoms with Gasteiger partial charge in [0.05, 0.1) is 17.6 Å². The zero-order valence-corrected chi connectivity index (χ0v) is 14.4. The Bertz CT molecular complexity index is 719. The standard InChI is InChI=1S/C19H23N3O3/c1-2-6-18-17(13-20-22(18)15-7-4-3-5-8-15)19(24)25-16-9-11-21(14-23)12-10-16/h3-5,7-8,13-14,16H,2,6,9-12H2,1H3. The molecule has 0 spiro atoms. The Kier molecular flexibility index (Phi) is 5.48. The second kappa shape index (κ2) is 7.96. The quantitative estimate of drug-likeness (QED) is 0.598. The topological polar surface area (TPSA) is 64.4 Å². The molecule has 1 aliphatic heterocycles. The average molecular weight is 341 g/mol. The summed E-state index contributed by atoms with van der Waals surface area (Å²) in [6, 6.07) is 9.79. The van der Waals surface area contributed by atoms with Crippen molar-refractivity contribution in [1.82, 2.24) is 14.7 Å². The molecular weight excluding hydrogens is 318 g/mol. The number of benzene rings is 1. The molecule has 0 bridgehead atoms. The maximum Gasteiger partial charge on any atom is 0.341 e. The van der Waals surface area contributed by atoms with Gasteiger partial charge in [0.2, 0.25) is 6.41 Å². The average Bonchev–Trinajstić information content (AvgIpc) is 3.07. The van der Waals surface area contributed by atoms with E-state index in [1.54, 1.807) is 11.1 Å². The maximum atomic E-state index is 12.6. The lowest BCUT2D eigenvalue weighted by Crippen LogP contribution is -2.37. The lowest BCUT2D eigenvalue weighted by atomic mass is 10.1. The maximum absolute atomic E-state index is 12.6. The molecule has 0 atom stereocenters. The van der Waals surface area contributed by atoms with Crippen molar-refractivity contribution in [2.75, 3.05) is 13.1 Å². The SMILES string of the molecule is CCCc1c(C(=O)OC2CCN(C=O)CC2)cnn1-c1ccccc1. The summed E-state index contributed by atoms with van der Waals surface area (Å²) < 4.78 is 7.49. The predicted octanol–water partition coefficient (Wildman–Crippen LogP) is 2.60. The van der Waals surface area contributed by atoms with E-state index < -0.39 is 0 Å². The van der Waals surface area contributed by atoms with Crippen LogP contribution >= 0.6 is 0 Å². The van der Waals surface area contributed by atoms with Crippen molar-refractivity contribution in [3.63, 3.8) is 0 Å². The van der Waals surface area contributed by atoms with Gasteiger partial charge in [-0.3, -0.25) is 4.79 Å². The minimum atomic E-state index is -0.324. The van der Waals surface area contributed by atoms with Crippen molar-refractivity contribution in [2.45, 2.75) is 38.7 Å². The van der Waals surface area contributed by atoms with E-state index in [-0.39, 0.29) is 12.1 Å². The van der Waals surface area contributed by atoms with Crippen LogP contribution in [-0.4, -0.2) is 46.3 Å². The van der Waals surface area contributed by atoms with Crippen molar-refractivity contribution in [2.24, 2.45) is 0 Å². The fraction of sp³-hybridized carbons (Fsp3) is 0.421. The number of hydrogen-bond donors (Lipinski definition) is 0. The Balaban J connectivity index is 1.76. The first kappa shape index (κ1) is 17.2. The summed E-state index contributed by atoms with van der Waals surface area (Å²) in [6.07, 6.45) is 5.33. The van der Waals surface area contributed by atoms with Crippen LogP contribution in [0.25, 0.3) is 5.69 Å². The third-order valence-electron chi connectivity index (χ3n) is 4.48. The number of likely N-dealkylation sites (tertiary alicyclic amines) is 1. The van der Waals surface area contributed by atoms with Crippen LogP contribution in [0.5, 0.6) is 0 Å². The van der Waals surface area contributed by atoms with E-state index in [0.717, 1.165) is 30.6 Å². The second-order valence-electron chi connectivity index (χ2n) is 6.25. The number of carbonyl (C=O) groups excluding carboxylic acids is 2. The van der Waals surface area contributed by atoms with Crippen molar-refractivity contribution >= 4 is 12.4 Å². The van der Waals surface area contributed by atoms with E-state index in [0.29, 0.717) is 31.5 Å². The highest BCUT2D eigenvalue weighted by Gasteiger charge is 2.25. The lowest BCUT2D eigenvalue weighted by Gasteiger charge is -2.28. The molecule has 0 unspecified atom stereocenters. The van der Waals surface area contributed by atoms with E-state index in [1.807, 2.05) is 35.0 Å². The molecule has 1 aliphatic rings. The van der Waals surface area contributed by atoms with Gasteiger partial charge in [-0.2, -0.15) is 5.10 Å². The number of hydrogen-bond acceptors (Lipinski definition) is 4. The Morgan fingerprint density at radius 1 is 1.28 bits per heavy atom. The van der Waals surface area contributed by atoms with Gasteiger partial charge in [0, 0.05) is 25.9 Å². The molecule has 6 nitrogen and oxygen atoms in total. The molecule has 25 heavy (non-hydrogen) atoms. The van der Waals surface area contributed by atoms with E-state index in [1.165, 1.54) is 0 Å². The van der Waals surface area contributed by atoms with Crippen LogP contribution in [0.2, 0.25) is 0 Å². The third-order valence-corrected chi connectivity index (χ3v) is 4.48. The van der Waals surface area contributed by atoms with Crippen molar-refractivity contribution in [1.29, 1.82) is 0 Å². The van der Waals surface area contributed by atoms with Crippen LogP contribution in [0.3, 0.4) is 0 Å². The summed E-state index contributed by atoms with van der Waals surface area (Å²) in [4.78, 5) is 25.1. The minimum Gasteiger partial charge on any atom is -0.459 e. The molecule has 0 aliphatic carbocycles. The number of amides is 1. The molecule has 2 aromatic rings. The highest BCUT2D eigenvalue weighted by atomic mass is 16.5. The summed E-state index contributed by atoms with van der Waals surface area (Å²) in [5, 5.41) is 4.41. The van der Waals surface area contributed by atoms with E-state index in [9.17, 15) is 9.59 Å². The van der Waals surface area contributed by atoms with Gasteiger partial charge in [0.25, 0.3) is 0 Å². The van der Waals surface area contributed by atoms with Gasteiger partial charge in [-0.05, 0) is 18.6 Å². The molecule has 1 aromatic heterocycles. The molecule has 1 amide bonds. The number of esters is 1. The van der Waals surface area contributed by atoms with Crippen LogP contribution in [0.15, 0.2) is 36.5 Å². The number of rotatable bonds is 6. The Hall–Kier alpha value is -2.63. The summed E-state index contributed by atoms with van der Waals surface area (Å²) >= 11 is 0. The molecule has 2 heterocycles. The minimum absolute atomic E-state index is 0.141. The zero-order chi connectivity index (χ0) is 17.6. The Labute approximate surface area is 147 Å². The summed E-state index contributed by atoms with van der Waals surface area (Å²) in [6.45, 7) is 3.34. The van der Waals surface area contributed by atoms with Gasteiger partial charge in [0.1, 0.15) is 11.7 Å². The highest BCUT2D eigenvalue weighted by Crippen LogP contribution is 2.20. The predicted molar refractivity (Wildman–Crippen MR) is 93.6 cm³/mol. The number of aromatic nitrogens is 2. The molecule has 6 heteroatoms. The number of piperidine rings is 1. The molecule has 0 saturated carbocycles. The summed E-state index contributed by atoms with van der Waals surface area (Å²) in [5.41, 5.74) is 2.34. The van der Waals surface area contributed by atoms with Crippen molar-refractivity contribution in [3.8, 4) is 5.69 Å². The number of ether oxygens (including phenoxy) is 1. The molecule has 1 saturated heterocycles. The first-order chi connectivity index (χ1) is 12.2. The van der Waals surface area contributed by atoms with Crippen molar-refractivity contribution < 1.29 is 14.3 Å². The van der Waals surface area contributed by atoms with Gasteiger partial charge >= 0.3 is 5.97 Å². The molecule has 3 rings (SSSR count). The van der Waals surface area contributed by atoms with Gasteiger partial charge in [-0.1, -0.05) is 31.5 Å². The third kappa shape index (κ3) is 3.90. The molecule has 1 aromatic carbocycles. The van der Waals surface area contributed by atoms with Crippen LogP contribution in [0, 0.1) is 0 Å². The van der Waals surface area contributed by atoms with E-state index >= 15 is 0 Å². The first-order valence-corrected chi connectivity index (χ1v) is 8.75. The van der Waals surface area contributed by atoms with Gasteiger partial charge in [-0.15, -0.1) is 0 Å². The molecular formula is C19H23N3O3. The fourth-order valence-electron chi connectivity index (χ4n) is 3.13. The van der Waals surface area contributed by atoms with Crippen LogP contribution in [0.4, 0.5) is 0 Å². The van der Waals surface area contributed by atoms with Crippen LogP contribution in [0.1, 0.15) is 42.2 Å². The monoisotopic (exact) mass is 341 g/mol. The smallest absolute Gasteiger partial charge is 0.341 e. The second-order valence-corrected chi connectivity index (χ2v) is 6.25. The highest BCUT2D eigenvalue weighted by molar-refractivity contribution is 5.90. The van der Waals surface area contributed by atoms with E-state index in [2.05, 4.69) is 12.0 Å². The number of nitrogens with zero attached hydrogens (tertiary/aromatic N) is 3. The fourth-order valence-corrected chi connectivity index (χ4v) is 3.13. The number of carbonyl (C=O) groups is 2. The van der Waals surface area contributed by atoms with E-state index in [4.69, 9.17) is 4.74 Å². The van der Waals surface area contributed by atoms with Crippen LogP contribution < -0.4 is 0 Å². The first-order valence-electron chi connectivity index (χ1n) is 8.75. The largest absolute Gasteiger partial charge is 0.459 e.